The molecular formula is C23H26N4O3. The third-order valence-electron chi connectivity index (χ3n) is 5.83. The Labute approximate surface area is 176 Å². The summed E-state index contributed by atoms with van der Waals surface area (Å²) < 4.78 is 0. The SMILES string of the molecule is O=C1NC(CCC(=O)N2CCCCC2c2cccnc2)C(=O)N1Cc1ccccc1. The number of pyridine rings is 1. The van der Waals surface area contributed by atoms with Crippen molar-refractivity contribution in [3.8, 4) is 0 Å². The number of benzene rings is 1. The highest BCUT2D eigenvalue weighted by Gasteiger charge is 2.38. The van der Waals surface area contributed by atoms with Crippen LogP contribution in [0.5, 0.6) is 0 Å². The van der Waals surface area contributed by atoms with E-state index in [9.17, 15) is 14.4 Å². The first-order valence-corrected chi connectivity index (χ1v) is 10.5. The second-order valence-electron chi connectivity index (χ2n) is 7.84. The van der Waals surface area contributed by atoms with Gasteiger partial charge in [-0.15, -0.1) is 0 Å². The molecule has 0 radical (unpaired) electrons. The van der Waals surface area contributed by atoms with E-state index in [1.165, 1.54) is 4.90 Å². The van der Waals surface area contributed by atoms with Crippen LogP contribution < -0.4 is 5.32 Å². The van der Waals surface area contributed by atoms with Crippen molar-refractivity contribution in [1.82, 2.24) is 20.1 Å². The number of aromatic nitrogens is 1. The molecule has 2 unspecified atom stereocenters. The maximum Gasteiger partial charge on any atom is 0.325 e. The van der Waals surface area contributed by atoms with E-state index in [0.717, 1.165) is 30.4 Å². The lowest BCUT2D eigenvalue weighted by atomic mass is 9.95. The predicted octanol–water partition coefficient (Wildman–Crippen LogP) is 3.04. The van der Waals surface area contributed by atoms with Gasteiger partial charge >= 0.3 is 6.03 Å². The topological polar surface area (TPSA) is 82.6 Å². The zero-order chi connectivity index (χ0) is 20.9. The Morgan fingerprint density at radius 1 is 1.10 bits per heavy atom. The van der Waals surface area contributed by atoms with Gasteiger partial charge in [0.05, 0.1) is 12.6 Å². The number of rotatable bonds is 6. The second kappa shape index (κ2) is 9.07. The Balaban J connectivity index is 1.36. The number of likely N-dealkylation sites (tertiary alicyclic amines) is 1. The van der Waals surface area contributed by atoms with Crippen molar-refractivity contribution in [3.05, 3.63) is 66.0 Å². The first-order valence-electron chi connectivity index (χ1n) is 10.5. The molecule has 1 N–H and O–H groups in total. The monoisotopic (exact) mass is 406 g/mol. The molecule has 2 aliphatic rings. The molecule has 2 aromatic rings. The molecule has 2 aliphatic heterocycles. The van der Waals surface area contributed by atoms with Gasteiger partial charge in [-0.25, -0.2) is 4.79 Å². The van der Waals surface area contributed by atoms with E-state index in [2.05, 4.69) is 10.3 Å². The minimum absolute atomic E-state index is 0.0205. The summed E-state index contributed by atoms with van der Waals surface area (Å²) in [6.45, 7) is 0.953. The van der Waals surface area contributed by atoms with Gasteiger partial charge in [0.15, 0.2) is 0 Å². The van der Waals surface area contributed by atoms with Crippen LogP contribution in [0.2, 0.25) is 0 Å². The summed E-state index contributed by atoms with van der Waals surface area (Å²) >= 11 is 0. The summed E-state index contributed by atoms with van der Waals surface area (Å²) in [6, 6.07) is 12.3. The summed E-state index contributed by atoms with van der Waals surface area (Å²) in [5, 5.41) is 2.73. The fourth-order valence-corrected chi connectivity index (χ4v) is 4.25. The van der Waals surface area contributed by atoms with E-state index < -0.39 is 12.1 Å². The molecule has 7 nitrogen and oxygen atoms in total. The average Bonchev–Trinajstić information content (AvgIpc) is 3.06. The van der Waals surface area contributed by atoms with Gasteiger partial charge in [-0.3, -0.25) is 19.5 Å². The number of hydrogen-bond donors (Lipinski definition) is 1. The average molecular weight is 406 g/mol. The Morgan fingerprint density at radius 3 is 2.70 bits per heavy atom. The number of imide groups is 1. The zero-order valence-corrected chi connectivity index (χ0v) is 16.9. The van der Waals surface area contributed by atoms with Crippen molar-refractivity contribution in [1.29, 1.82) is 0 Å². The Morgan fingerprint density at radius 2 is 1.93 bits per heavy atom. The summed E-state index contributed by atoms with van der Waals surface area (Å²) in [7, 11) is 0. The molecule has 156 valence electrons. The highest BCUT2D eigenvalue weighted by Crippen LogP contribution is 2.31. The molecule has 3 heterocycles. The van der Waals surface area contributed by atoms with Crippen molar-refractivity contribution >= 4 is 17.8 Å². The minimum atomic E-state index is -0.646. The fraction of sp³-hybridized carbons (Fsp3) is 0.391. The molecule has 7 heteroatoms. The smallest absolute Gasteiger partial charge is 0.325 e. The van der Waals surface area contributed by atoms with Gasteiger partial charge in [0.2, 0.25) is 5.91 Å². The molecule has 2 fully saturated rings. The van der Waals surface area contributed by atoms with Crippen molar-refractivity contribution in [2.45, 2.75) is 50.7 Å². The van der Waals surface area contributed by atoms with Crippen LogP contribution in [0.3, 0.4) is 0 Å². The normalized spacial score (nSPS) is 21.6. The van der Waals surface area contributed by atoms with Gasteiger partial charge in [-0.05, 0) is 42.9 Å². The standard InChI is InChI=1S/C23H26N4O3/c28-21(26-14-5-4-10-20(26)18-9-6-13-24-15-18)12-11-19-22(29)27(23(30)25-19)16-17-7-2-1-3-8-17/h1-3,6-9,13,15,19-20H,4-5,10-12,14,16H2,(H,25,30). The van der Waals surface area contributed by atoms with E-state index >= 15 is 0 Å². The third kappa shape index (κ3) is 4.35. The van der Waals surface area contributed by atoms with Gasteiger partial charge < -0.3 is 10.2 Å². The molecule has 1 aromatic heterocycles. The Bertz CT molecular complexity index is 903. The largest absolute Gasteiger partial charge is 0.336 e. The van der Waals surface area contributed by atoms with Crippen molar-refractivity contribution in [2.24, 2.45) is 0 Å². The second-order valence-corrected chi connectivity index (χ2v) is 7.84. The van der Waals surface area contributed by atoms with Crippen molar-refractivity contribution in [2.75, 3.05) is 6.54 Å². The van der Waals surface area contributed by atoms with E-state index in [-0.39, 0.29) is 30.8 Å². The number of nitrogens with zero attached hydrogens (tertiary/aromatic N) is 3. The van der Waals surface area contributed by atoms with Crippen LogP contribution in [0, 0.1) is 0 Å². The predicted molar refractivity (Wildman–Crippen MR) is 111 cm³/mol. The highest BCUT2D eigenvalue weighted by molar-refractivity contribution is 6.04. The number of hydrogen-bond acceptors (Lipinski definition) is 4. The summed E-state index contributed by atoms with van der Waals surface area (Å²) in [6.07, 6.45) is 7.06. The van der Waals surface area contributed by atoms with Crippen LogP contribution in [0.15, 0.2) is 54.9 Å². The molecule has 2 saturated heterocycles. The molecule has 30 heavy (non-hydrogen) atoms. The van der Waals surface area contributed by atoms with Crippen LogP contribution in [-0.2, 0) is 16.1 Å². The van der Waals surface area contributed by atoms with Gasteiger partial charge in [-0.1, -0.05) is 36.4 Å². The quantitative estimate of drug-likeness (QED) is 0.748. The number of piperidine rings is 1. The lowest BCUT2D eigenvalue weighted by Gasteiger charge is -2.36. The van der Waals surface area contributed by atoms with Crippen molar-refractivity contribution < 1.29 is 14.4 Å². The number of carbonyl (C=O) groups excluding carboxylic acids is 3. The zero-order valence-electron chi connectivity index (χ0n) is 16.9. The maximum absolute atomic E-state index is 13.0. The van der Waals surface area contributed by atoms with Gasteiger partial charge in [0.1, 0.15) is 6.04 Å². The molecule has 0 bridgehead atoms. The van der Waals surface area contributed by atoms with E-state index in [1.807, 2.05) is 53.6 Å². The molecule has 0 aliphatic carbocycles. The van der Waals surface area contributed by atoms with Gasteiger partial charge in [0, 0.05) is 25.4 Å². The third-order valence-corrected chi connectivity index (χ3v) is 5.83. The lowest BCUT2D eigenvalue weighted by Crippen LogP contribution is -2.39. The van der Waals surface area contributed by atoms with Crippen LogP contribution >= 0.6 is 0 Å². The summed E-state index contributed by atoms with van der Waals surface area (Å²) in [5.41, 5.74) is 1.94. The Kier molecular flexibility index (Phi) is 6.07. The fourth-order valence-electron chi connectivity index (χ4n) is 4.25. The van der Waals surface area contributed by atoms with E-state index in [1.54, 1.807) is 6.20 Å². The molecule has 4 rings (SSSR count). The molecule has 0 saturated carbocycles. The summed E-state index contributed by atoms with van der Waals surface area (Å²) in [4.78, 5) is 45.3. The molecule has 2 atom stereocenters. The summed E-state index contributed by atoms with van der Waals surface area (Å²) in [5.74, 6) is -0.244. The molecular weight excluding hydrogens is 380 g/mol. The van der Waals surface area contributed by atoms with Crippen molar-refractivity contribution in [3.63, 3.8) is 0 Å². The molecule has 4 amide bonds. The number of amides is 4. The molecule has 1 aromatic carbocycles. The van der Waals surface area contributed by atoms with E-state index in [0.29, 0.717) is 13.0 Å². The lowest BCUT2D eigenvalue weighted by molar-refractivity contribution is -0.135. The van der Waals surface area contributed by atoms with Crippen LogP contribution in [-0.4, -0.2) is 45.2 Å². The first kappa shape index (κ1) is 20.1. The number of nitrogens with one attached hydrogen (secondary N) is 1. The Hall–Kier alpha value is -3.22. The maximum atomic E-state index is 13.0. The van der Waals surface area contributed by atoms with E-state index in [4.69, 9.17) is 0 Å². The van der Waals surface area contributed by atoms with Crippen LogP contribution in [0.4, 0.5) is 4.79 Å². The molecule has 0 spiro atoms. The van der Waals surface area contributed by atoms with Gasteiger partial charge in [0.25, 0.3) is 5.91 Å². The number of carbonyl (C=O) groups is 3. The number of urea groups is 1. The van der Waals surface area contributed by atoms with Crippen LogP contribution in [0.1, 0.15) is 49.3 Å². The first-order chi connectivity index (χ1) is 14.6. The minimum Gasteiger partial charge on any atom is -0.336 e. The van der Waals surface area contributed by atoms with Crippen LogP contribution in [0.25, 0.3) is 0 Å². The highest BCUT2D eigenvalue weighted by atomic mass is 16.2. The van der Waals surface area contributed by atoms with Gasteiger partial charge in [-0.2, -0.15) is 0 Å².